The number of ether oxygens (including phenoxy) is 2. The van der Waals surface area contributed by atoms with Crippen molar-refractivity contribution < 1.29 is 22.8 Å². The number of nitrogens with one attached hydrogen (secondary N) is 2. The molecule has 11 heteroatoms. The molecule has 9 nitrogen and oxygen atoms in total. The third-order valence-corrected chi connectivity index (χ3v) is 4.27. The molecule has 1 aromatic rings. The Morgan fingerprint density at radius 1 is 1.23 bits per heavy atom. The summed E-state index contributed by atoms with van der Waals surface area (Å²) in [5, 5.41) is 13.9. The first-order valence-corrected chi connectivity index (χ1v) is 7.66. The molecule has 0 fully saturated rings. The number of nitro groups is 1. The molecule has 0 unspecified atom stereocenters. The van der Waals surface area contributed by atoms with Crippen molar-refractivity contribution in [3.63, 3.8) is 0 Å². The Balaban J connectivity index is 0.00000242. The van der Waals surface area contributed by atoms with Gasteiger partial charge in [-0.1, -0.05) is 0 Å². The number of hydrogen-bond acceptors (Lipinski definition) is 7. The van der Waals surface area contributed by atoms with Gasteiger partial charge in [0.15, 0.2) is 16.4 Å². The fourth-order valence-corrected chi connectivity index (χ4v) is 3.00. The second-order valence-corrected chi connectivity index (χ2v) is 5.96. The third-order valence-electron chi connectivity index (χ3n) is 2.78. The van der Waals surface area contributed by atoms with Crippen molar-refractivity contribution in [2.45, 2.75) is 4.90 Å². The molecule has 0 atom stereocenters. The summed E-state index contributed by atoms with van der Waals surface area (Å²) in [7, 11) is -2.34. The number of nitro benzene ring substituents is 1. The van der Waals surface area contributed by atoms with Gasteiger partial charge in [0.25, 0.3) is 5.69 Å². The van der Waals surface area contributed by atoms with Crippen molar-refractivity contribution in [1.82, 2.24) is 10.0 Å². The van der Waals surface area contributed by atoms with Gasteiger partial charge in [0.05, 0.1) is 11.0 Å². The predicted molar refractivity (Wildman–Crippen MR) is 80.4 cm³/mol. The standard InChI is InChI=1S/C11H15N3O6S.ClH/c1-12-2-3-13-21(17,18)11-7-10-9(19-4-5-20-10)6-8(11)14(15)16;/h6-7,12-13H,2-5H2,1H3;1H. The van der Waals surface area contributed by atoms with Gasteiger partial charge >= 0.3 is 0 Å². The fourth-order valence-electron chi connectivity index (χ4n) is 1.81. The largest absolute Gasteiger partial charge is 0.486 e. The number of fused-ring (bicyclic) bond motifs is 1. The molecule has 1 heterocycles. The van der Waals surface area contributed by atoms with Crippen LogP contribution in [0.1, 0.15) is 0 Å². The monoisotopic (exact) mass is 353 g/mol. The van der Waals surface area contributed by atoms with E-state index >= 15 is 0 Å². The number of hydrogen-bond donors (Lipinski definition) is 2. The lowest BCUT2D eigenvalue weighted by molar-refractivity contribution is -0.388. The zero-order valence-electron chi connectivity index (χ0n) is 11.7. The van der Waals surface area contributed by atoms with Crippen LogP contribution in [0, 0.1) is 10.1 Å². The van der Waals surface area contributed by atoms with Crippen molar-refractivity contribution in [3.05, 3.63) is 22.2 Å². The normalized spacial score (nSPS) is 13.3. The van der Waals surface area contributed by atoms with Crippen LogP contribution in [-0.4, -0.2) is 46.7 Å². The molecular formula is C11H16ClN3O6S. The van der Waals surface area contributed by atoms with Crippen molar-refractivity contribution in [3.8, 4) is 11.5 Å². The number of sulfonamides is 1. The summed E-state index contributed by atoms with van der Waals surface area (Å²) in [5.41, 5.74) is -0.545. The van der Waals surface area contributed by atoms with E-state index in [1.807, 2.05) is 0 Å². The maximum Gasteiger partial charge on any atom is 0.293 e. The first-order chi connectivity index (χ1) is 9.95. The van der Waals surface area contributed by atoms with Crippen LogP contribution in [-0.2, 0) is 10.0 Å². The van der Waals surface area contributed by atoms with Crippen LogP contribution in [0.3, 0.4) is 0 Å². The molecule has 0 aliphatic carbocycles. The van der Waals surface area contributed by atoms with Crippen LogP contribution < -0.4 is 19.5 Å². The molecule has 0 saturated carbocycles. The lowest BCUT2D eigenvalue weighted by Gasteiger charge is -2.19. The van der Waals surface area contributed by atoms with E-state index < -0.39 is 25.5 Å². The molecule has 0 radical (unpaired) electrons. The van der Waals surface area contributed by atoms with Crippen molar-refractivity contribution in [1.29, 1.82) is 0 Å². The van der Waals surface area contributed by atoms with Crippen molar-refractivity contribution in [2.75, 3.05) is 33.4 Å². The van der Waals surface area contributed by atoms with Gasteiger partial charge in [0, 0.05) is 19.2 Å². The Labute approximate surface area is 133 Å². The minimum absolute atomic E-state index is 0. The minimum atomic E-state index is -4.01. The molecule has 0 spiro atoms. The summed E-state index contributed by atoms with van der Waals surface area (Å²) in [6.07, 6.45) is 0. The Kier molecular flexibility index (Phi) is 6.35. The quantitative estimate of drug-likeness (QED) is 0.428. The number of rotatable bonds is 6. The highest BCUT2D eigenvalue weighted by Crippen LogP contribution is 2.38. The first-order valence-electron chi connectivity index (χ1n) is 6.18. The van der Waals surface area contributed by atoms with E-state index in [-0.39, 0.29) is 43.7 Å². The zero-order valence-corrected chi connectivity index (χ0v) is 13.3. The molecule has 0 bridgehead atoms. The van der Waals surface area contributed by atoms with E-state index in [4.69, 9.17) is 9.47 Å². The van der Waals surface area contributed by atoms with Crippen LogP contribution >= 0.6 is 12.4 Å². The molecule has 1 aliphatic heterocycles. The van der Waals surface area contributed by atoms with E-state index in [0.717, 1.165) is 12.1 Å². The Hall–Kier alpha value is -1.62. The third kappa shape index (κ3) is 3.97. The smallest absolute Gasteiger partial charge is 0.293 e. The average molecular weight is 354 g/mol. The molecule has 124 valence electrons. The summed E-state index contributed by atoms with van der Waals surface area (Å²) in [6.45, 7) is 1.04. The number of halogens is 1. The zero-order chi connectivity index (χ0) is 15.5. The second-order valence-electron chi connectivity index (χ2n) is 4.22. The van der Waals surface area contributed by atoms with Crippen LogP contribution in [0.25, 0.3) is 0 Å². The van der Waals surface area contributed by atoms with E-state index in [0.29, 0.717) is 6.54 Å². The van der Waals surface area contributed by atoms with Gasteiger partial charge in [0.1, 0.15) is 13.2 Å². The summed E-state index contributed by atoms with van der Waals surface area (Å²) in [6, 6.07) is 2.19. The highest BCUT2D eigenvalue weighted by molar-refractivity contribution is 7.89. The number of likely N-dealkylation sites (N-methyl/N-ethyl adjacent to an activating group) is 1. The van der Waals surface area contributed by atoms with E-state index in [2.05, 4.69) is 10.0 Å². The molecule has 0 amide bonds. The van der Waals surface area contributed by atoms with Crippen molar-refractivity contribution in [2.24, 2.45) is 0 Å². The van der Waals surface area contributed by atoms with Gasteiger partial charge in [-0.15, -0.1) is 12.4 Å². The topological polar surface area (TPSA) is 120 Å². The minimum Gasteiger partial charge on any atom is -0.486 e. The van der Waals surface area contributed by atoms with Gasteiger partial charge in [-0.3, -0.25) is 10.1 Å². The summed E-state index contributed by atoms with van der Waals surface area (Å²) in [4.78, 5) is 9.89. The molecular weight excluding hydrogens is 338 g/mol. The van der Waals surface area contributed by atoms with Crippen LogP contribution in [0.5, 0.6) is 11.5 Å². The lowest BCUT2D eigenvalue weighted by atomic mass is 10.2. The first kappa shape index (κ1) is 18.4. The van der Waals surface area contributed by atoms with Gasteiger partial charge in [-0.05, 0) is 7.05 Å². The van der Waals surface area contributed by atoms with Gasteiger partial charge in [0.2, 0.25) is 10.0 Å². The number of benzene rings is 1. The molecule has 1 aromatic carbocycles. The summed E-state index contributed by atoms with van der Waals surface area (Å²) >= 11 is 0. The Bertz CT molecular complexity index is 651. The maximum atomic E-state index is 12.2. The molecule has 0 aromatic heterocycles. The van der Waals surface area contributed by atoms with Gasteiger partial charge in [-0.2, -0.15) is 0 Å². The summed E-state index contributed by atoms with van der Waals surface area (Å²) < 4.78 is 37.1. The maximum absolute atomic E-state index is 12.2. The van der Waals surface area contributed by atoms with Crippen LogP contribution in [0.2, 0.25) is 0 Å². The van der Waals surface area contributed by atoms with Crippen LogP contribution in [0.15, 0.2) is 17.0 Å². The van der Waals surface area contributed by atoms with E-state index in [1.165, 1.54) is 0 Å². The number of nitrogens with zero attached hydrogens (tertiary/aromatic N) is 1. The highest BCUT2D eigenvalue weighted by Gasteiger charge is 2.30. The lowest BCUT2D eigenvalue weighted by Crippen LogP contribution is -2.31. The SMILES string of the molecule is CNCCNS(=O)(=O)c1cc2c(cc1[N+](=O)[O-])OCCO2.Cl. The van der Waals surface area contributed by atoms with Gasteiger partial charge in [-0.25, -0.2) is 13.1 Å². The summed E-state index contributed by atoms with van der Waals surface area (Å²) in [5.74, 6) is 0.350. The Morgan fingerprint density at radius 3 is 2.36 bits per heavy atom. The second kappa shape index (κ2) is 7.58. The molecule has 22 heavy (non-hydrogen) atoms. The van der Waals surface area contributed by atoms with Gasteiger partial charge < -0.3 is 14.8 Å². The highest BCUT2D eigenvalue weighted by atomic mass is 35.5. The van der Waals surface area contributed by atoms with E-state index in [1.54, 1.807) is 7.05 Å². The molecule has 2 N–H and O–H groups in total. The molecule has 2 rings (SSSR count). The average Bonchev–Trinajstić information content (AvgIpc) is 2.46. The van der Waals surface area contributed by atoms with Crippen LogP contribution in [0.4, 0.5) is 5.69 Å². The predicted octanol–water partition coefficient (Wildman–Crippen LogP) is 0.285. The molecule has 1 aliphatic rings. The molecule has 0 saturated heterocycles. The Morgan fingerprint density at radius 2 is 1.82 bits per heavy atom. The fraction of sp³-hybridized carbons (Fsp3) is 0.455. The van der Waals surface area contributed by atoms with Crippen molar-refractivity contribution >= 4 is 28.1 Å². The van der Waals surface area contributed by atoms with E-state index in [9.17, 15) is 18.5 Å².